The molecule has 1 aliphatic rings. The molecule has 1 aromatic rings. The van der Waals surface area contributed by atoms with Gasteiger partial charge >= 0.3 is 0 Å². The number of hydrogen-bond donors (Lipinski definition) is 3. The van der Waals surface area contributed by atoms with Gasteiger partial charge in [0.1, 0.15) is 5.75 Å². The van der Waals surface area contributed by atoms with E-state index in [1.54, 1.807) is 7.11 Å². The number of methoxy groups -OCH3 is 1. The fourth-order valence-electron chi connectivity index (χ4n) is 2.54. The monoisotopic (exact) mass is 433 g/mol. The highest BCUT2D eigenvalue weighted by Crippen LogP contribution is 2.31. The number of benzene rings is 1. The zero-order chi connectivity index (χ0) is 15.8. The van der Waals surface area contributed by atoms with E-state index in [9.17, 15) is 5.11 Å². The van der Waals surface area contributed by atoms with E-state index in [4.69, 9.17) is 4.74 Å². The molecule has 0 aromatic heterocycles. The van der Waals surface area contributed by atoms with E-state index in [1.807, 2.05) is 25.1 Å². The summed E-state index contributed by atoms with van der Waals surface area (Å²) in [6.07, 6.45) is 3.68. The van der Waals surface area contributed by atoms with Gasteiger partial charge in [-0.3, -0.25) is 4.99 Å². The minimum absolute atomic E-state index is 0. The summed E-state index contributed by atoms with van der Waals surface area (Å²) in [6, 6.07) is 8.03. The zero-order valence-electron chi connectivity index (χ0n) is 14.0. The molecule has 0 amide bonds. The highest BCUT2D eigenvalue weighted by molar-refractivity contribution is 14.0. The van der Waals surface area contributed by atoms with Crippen LogP contribution in [0.4, 0.5) is 0 Å². The normalized spacial score (nSPS) is 16.0. The van der Waals surface area contributed by atoms with E-state index in [1.165, 1.54) is 5.56 Å². The van der Waals surface area contributed by atoms with Gasteiger partial charge in [0, 0.05) is 13.1 Å². The average molecular weight is 433 g/mol. The van der Waals surface area contributed by atoms with Crippen molar-refractivity contribution in [2.24, 2.45) is 4.99 Å². The van der Waals surface area contributed by atoms with Crippen LogP contribution >= 0.6 is 24.0 Å². The molecule has 0 aliphatic heterocycles. The molecule has 0 saturated heterocycles. The van der Waals surface area contributed by atoms with Crippen LogP contribution in [0.2, 0.25) is 0 Å². The molecule has 0 spiro atoms. The molecule has 0 radical (unpaired) electrons. The molecule has 0 heterocycles. The Morgan fingerprint density at radius 1 is 1.30 bits per heavy atom. The molecule has 1 fully saturated rings. The first-order valence-corrected chi connectivity index (χ1v) is 8.03. The van der Waals surface area contributed by atoms with Crippen LogP contribution < -0.4 is 15.4 Å². The molecule has 6 heteroatoms. The van der Waals surface area contributed by atoms with Gasteiger partial charge in [-0.15, -0.1) is 24.0 Å². The maximum Gasteiger partial charge on any atom is 0.191 e. The summed E-state index contributed by atoms with van der Waals surface area (Å²) >= 11 is 0. The van der Waals surface area contributed by atoms with Crippen molar-refractivity contribution in [1.29, 1.82) is 0 Å². The minimum Gasteiger partial charge on any atom is -0.496 e. The van der Waals surface area contributed by atoms with Crippen LogP contribution in [-0.2, 0) is 6.42 Å². The third-order valence-electron chi connectivity index (χ3n) is 4.04. The predicted molar refractivity (Wildman–Crippen MR) is 105 cm³/mol. The standard InChI is InChI=1S/C17H27N3O2.HI/c1-3-18-16(20-13-17(21)10-6-11-17)19-12-9-14-7-4-5-8-15(14)22-2;/h4-5,7-8,21H,3,6,9-13H2,1-2H3,(H2,18,19,20);1H. The van der Waals surface area contributed by atoms with Crippen molar-refractivity contribution in [2.45, 2.75) is 38.2 Å². The Bertz CT molecular complexity index is 504. The van der Waals surface area contributed by atoms with Gasteiger partial charge in [0.2, 0.25) is 0 Å². The van der Waals surface area contributed by atoms with E-state index in [2.05, 4.69) is 21.7 Å². The molecule has 1 aromatic carbocycles. The van der Waals surface area contributed by atoms with Gasteiger partial charge in [-0.2, -0.15) is 0 Å². The van der Waals surface area contributed by atoms with Crippen LogP contribution in [0.25, 0.3) is 0 Å². The summed E-state index contributed by atoms with van der Waals surface area (Å²) in [7, 11) is 1.69. The van der Waals surface area contributed by atoms with E-state index in [0.29, 0.717) is 6.54 Å². The summed E-state index contributed by atoms with van der Waals surface area (Å²) in [5.74, 6) is 1.67. The molecule has 130 valence electrons. The van der Waals surface area contributed by atoms with E-state index in [0.717, 1.165) is 50.5 Å². The van der Waals surface area contributed by atoms with Gasteiger partial charge in [0.15, 0.2) is 5.96 Å². The number of aliphatic hydroxyl groups is 1. The number of guanidine groups is 1. The number of para-hydroxylation sites is 1. The van der Waals surface area contributed by atoms with Crippen molar-refractivity contribution in [1.82, 2.24) is 10.6 Å². The maximum absolute atomic E-state index is 10.1. The predicted octanol–water partition coefficient (Wildman–Crippen LogP) is 2.33. The molecular formula is C17H28IN3O2. The van der Waals surface area contributed by atoms with Crippen LogP contribution in [0.5, 0.6) is 5.75 Å². The summed E-state index contributed by atoms with van der Waals surface area (Å²) in [5.41, 5.74) is 0.594. The molecule has 0 atom stereocenters. The second-order valence-electron chi connectivity index (χ2n) is 5.76. The number of ether oxygens (including phenoxy) is 1. The number of nitrogens with one attached hydrogen (secondary N) is 2. The smallest absolute Gasteiger partial charge is 0.191 e. The van der Waals surface area contributed by atoms with E-state index >= 15 is 0 Å². The largest absolute Gasteiger partial charge is 0.496 e. The van der Waals surface area contributed by atoms with Crippen molar-refractivity contribution < 1.29 is 9.84 Å². The van der Waals surface area contributed by atoms with Gasteiger partial charge in [0.25, 0.3) is 0 Å². The summed E-state index contributed by atoms with van der Waals surface area (Å²) in [4.78, 5) is 4.49. The first-order chi connectivity index (χ1) is 10.7. The fourth-order valence-corrected chi connectivity index (χ4v) is 2.54. The second kappa shape index (κ2) is 9.97. The highest BCUT2D eigenvalue weighted by Gasteiger charge is 2.34. The highest BCUT2D eigenvalue weighted by atomic mass is 127. The van der Waals surface area contributed by atoms with Crippen molar-refractivity contribution in [3.8, 4) is 5.75 Å². The molecule has 2 rings (SSSR count). The topological polar surface area (TPSA) is 65.9 Å². The van der Waals surface area contributed by atoms with Gasteiger partial charge < -0.3 is 20.5 Å². The number of hydrogen-bond acceptors (Lipinski definition) is 3. The SMILES string of the molecule is CCNC(=NCC1(O)CCC1)NCCc1ccccc1OC.I. The lowest BCUT2D eigenvalue weighted by atomic mass is 9.80. The zero-order valence-corrected chi connectivity index (χ0v) is 16.3. The Kier molecular flexibility index (Phi) is 8.68. The lowest BCUT2D eigenvalue weighted by Crippen LogP contribution is -2.43. The number of nitrogens with zero attached hydrogens (tertiary/aromatic N) is 1. The lowest BCUT2D eigenvalue weighted by Gasteiger charge is -2.35. The summed E-state index contributed by atoms with van der Waals surface area (Å²) in [6.45, 7) is 4.08. The second-order valence-corrected chi connectivity index (χ2v) is 5.76. The van der Waals surface area contributed by atoms with Crippen LogP contribution in [0, 0.1) is 0 Å². The van der Waals surface area contributed by atoms with Gasteiger partial charge in [-0.1, -0.05) is 18.2 Å². The maximum atomic E-state index is 10.1. The third-order valence-corrected chi connectivity index (χ3v) is 4.04. The molecule has 3 N–H and O–H groups in total. The van der Waals surface area contributed by atoms with Gasteiger partial charge in [0.05, 0.1) is 19.3 Å². The average Bonchev–Trinajstić information content (AvgIpc) is 2.51. The van der Waals surface area contributed by atoms with Crippen molar-refractivity contribution in [3.05, 3.63) is 29.8 Å². The van der Waals surface area contributed by atoms with E-state index < -0.39 is 5.60 Å². The van der Waals surface area contributed by atoms with Gasteiger partial charge in [-0.05, 0) is 44.2 Å². The number of halogens is 1. The number of rotatable bonds is 7. The first kappa shape index (κ1) is 20.0. The van der Waals surface area contributed by atoms with Crippen LogP contribution in [0.3, 0.4) is 0 Å². The molecule has 1 saturated carbocycles. The summed E-state index contributed by atoms with van der Waals surface area (Å²) in [5, 5.41) is 16.6. The Hall–Kier alpha value is -1.02. The van der Waals surface area contributed by atoms with Crippen molar-refractivity contribution in [3.63, 3.8) is 0 Å². The van der Waals surface area contributed by atoms with Crippen LogP contribution in [-0.4, -0.2) is 43.4 Å². The fraction of sp³-hybridized carbons (Fsp3) is 0.588. The van der Waals surface area contributed by atoms with Gasteiger partial charge in [-0.25, -0.2) is 0 Å². The Labute approximate surface area is 155 Å². The molecule has 23 heavy (non-hydrogen) atoms. The minimum atomic E-state index is -0.578. The van der Waals surface area contributed by atoms with Crippen molar-refractivity contribution in [2.75, 3.05) is 26.7 Å². The first-order valence-electron chi connectivity index (χ1n) is 8.03. The van der Waals surface area contributed by atoms with Crippen molar-refractivity contribution >= 4 is 29.9 Å². The Balaban J connectivity index is 0.00000264. The molecule has 0 unspecified atom stereocenters. The molecule has 0 bridgehead atoms. The molecular weight excluding hydrogens is 405 g/mol. The third kappa shape index (κ3) is 6.18. The van der Waals surface area contributed by atoms with E-state index in [-0.39, 0.29) is 24.0 Å². The number of aliphatic imine (C=N–C) groups is 1. The Morgan fingerprint density at radius 2 is 2.04 bits per heavy atom. The summed E-state index contributed by atoms with van der Waals surface area (Å²) < 4.78 is 5.36. The molecule has 1 aliphatic carbocycles. The van der Waals surface area contributed by atoms with Crippen LogP contribution in [0.1, 0.15) is 31.7 Å². The quantitative estimate of drug-likeness (QED) is 0.351. The lowest BCUT2D eigenvalue weighted by molar-refractivity contribution is -0.0236. The molecule has 5 nitrogen and oxygen atoms in total. The Morgan fingerprint density at radius 3 is 2.65 bits per heavy atom. The van der Waals surface area contributed by atoms with Crippen LogP contribution in [0.15, 0.2) is 29.3 Å².